The van der Waals surface area contributed by atoms with E-state index >= 15 is 0 Å². The number of rotatable bonds is 5. The zero-order valence-electron chi connectivity index (χ0n) is 13.7. The number of anilines is 2. The first-order valence-electron chi connectivity index (χ1n) is 7.56. The number of halogens is 2. The van der Waals surface area contributed by atoms with Gasteiger partial charge in [-0.05, 0) is 35.9 Å². The van der Waals surface area contributed by atoms with E-state index in [-0.39, 0.29) is 23.9 Å². The molecule has 2 aromatic carbocycles. The molecule has 0 aliphatic carbocycles. The highest BCUT2D eigenvalue weighted by molar-refractivity contribution is 6.32. The average molecular weight is 376 g/mol. The van der Waals surface area contributed by atoms with E-state index in [0.29, 0.717) is 22.0 Å². The lowest BCUT2D eigenvalue weighted by Crippen LogP contribution is -2.15. The van der Waals surface area contributed by atoms with Crippen molar-refractivity contribution in [3.63, 3.8) is 0 Å². The van der Waals surface area contributed by atoms with E-state index < -0.39 is 5.91 Å². The molecule has 0 saturated carbocycles. The van der Waals surface area contributed by atoms with Gasteiger partial charge in [0, 0.05) is 5.69 Å². The number of amides is 1. The standard InChI is InChI=1S/C17H15ClFN5O2/c1-26-14-6-5-12(8-13(14)18)21-17(25)15-16(20)24(23-22-15)9-10-3-2-4-11(19)7-10/h2-8H,9,20H2,1H3,(H,21,25). The Balaban J connectivity index is 1.76. The number of aromatic nitrogens is 3. The number of carbonyl (C=O) groups excluding carboxylic acids is 1. The van der Waals surface area contributed by atoms with E-state index in [0.717, 1.165) is 0 Å². The number of nitrogen functional groups attached to an aromatic ring is 1. The first kappa shape index (κ1) is 17.7. The molecule has 0 unspecified atom stereocenters. The molecule has 9 heteroatoms. The molecule has 26 heavy (non-hydrogen) atoms. The average Bonchev–Trinajstić information content (AvgIpc) is 2.96. The maximum atomic E-state index is 13.3. The second kappa shape index (κ2) is 7.40. The number of nitrogens with two attached hydrogens (primary N) is 1. The molecule has 3 rings (SSSR count). The van der Waals surface area contributed by atoms with Gasteiger partial charge >= 0.3 is 0 Å². The summed E-state index contributed by atoms with van der Waals surface area (Å²) < 4.78 is 19.7. The maximum Gasteiger partial charge on any atom is 0.280 e. The highest BCUT2D eigenvalue weighted by Crippen LogP contribution is 2.27. The van der Waals surface area contributed by atoms with Crippen molar-refractivity contribution in [1.82, 2.24) is 15.0 Å². The van der Waals surface area contributed by atoms with Crippen LogP contribution in [0.25, 0.3) is 0 Å². The topological polar surface area (TPSA) is 95.1 Å². The minimum absolute atomic E-state index is 0.0339. The molecule has 0 bridgehead atoms. The number of carbonyl (C=O) groups is 1. The Bertz CT molecular complexity index is 960. The molecule has 7 nitrogen and oxygen atoms in total. The summed E-state index contributed by atoms with van der Waals surface area (Å²) in [6.07, 6.45) is 0. The quantitative estimate of drug-likeness (QED) is 0.714. The molecule has 134 valence electrons. The number of hydrogen-bond donors (Lipinski definition) is 2. The minimum Gasteiger partial charge on any atom is -0.495 e. The van der Waals surface area contributed by atoms with Crippen LogP contribution in [-0.2, 0) is 6.54 Å². The van der Waals surface area contributed by atoms with Gasteiger partial charge in [-0.15, -0.1) is 5.10 Å². The van der Waals surface area contributed by atoms with Gasteiger partial charge in [0.1, 0.15) is 11.6 Å². The lowest BCUT2D eigenvalue weighted by molar-refractivity contribution is 0.102. The van der Waals surface area contributed by atoms with Crippen molar-refractivity contribution in [2.24, 2.45) is 0 Å². The molecular weight excluding hydrogens is 361 g/mol. The van der Waals surface area contributed by atoms with E-state index in [2.05, 4.69) is 15.6 Å². The monoisotopic (exact) mass is 375 g/mol. The van der Waals surface area contributed by atoms with Crippen LogP contribution in [0.4, 0.5) is 15.9 Å². The van der Waals surface area contributed by atoms with Gasteiger partial charge in [0.2, 0.25) is 0 Å². The van der Waals surface area contributed by atoms with E-state index in [1.807, 2.05) is 0 Å². The molecule has 0 aliphatic rings. The van der Waals surface area contributed by atoms with Crippen LogP contribution >= 0.6 is 11.6 Å². The van der Waals surface area contributed by atoms with E-state index in [1.54, 1.807) is 30.3 Å². The van der Waals surface area contributed by atoms with Gasteiger partial charge in [-0.25, -0.2) is 9.07 Å². The Kier molecular flexibility index (Phi) is 5.04. The number of nitrogens with zero attached hydrogens (tertiary/aromatic N) is 3. The van der Waals surface area contributed by atoms with Crippen molar-refractivity contribution in [2.45, 2.75) is 6.54 Å². The molecule has 1 amide bonds. The van der Waals surface area contributed by atoms with Crippen LogP contribution in [0.15, 0.2) is 42.5 Å². The summed E-state index contributed by atoms with van der Waals surface area (Å²) >= 11 is 6.03. The lowest BCUT2D eigenvalue weighted by Gasteiger charge is -2.07. The third kappa shape index (κ3) is 3.75. The van der Waals surface area contributed by atoms with Crippen LogP contribution in [-0.4, -0.2) is 28.0 Å². The second-order valence-corrected chi connectivity index (χ2v) is 5.82. The van der Waals surface area contributed by atoms with E-state index in [1.165, 1.54) is 23.9 Å². The smallest absolute Gasteiger partial charge is 0.280 e. The summed E-state index contributed by atoms with van der Waals surface area (Å²) in [5.74, 6) is -0.332. The van der Waals surface area contributed by atoms with Gasteiger partial charge in [-0.3, -0.25) is 4.79 Å². The van der Waals surface area contributed by atoms with Crippen LogP contribution in [0.3, 0.4) is 0 Å². The van der Waals surface area contributed by atoms with Crippen molar-refractivity contribution in [3.8, 4) is 5.75 Å². The third-order valence-electron chi connectivity index (χ3n) is 3.62. The first-order chi connectivity index (χ1) is 12.5. The molecular formula is C17H15ClFN5O2. The SMILES string of the molecule is COc1ccc(NC(=O)c2nnn(Cc3cccc(F)c3)c2N)cc1Cl. The van der Waals surface area contributed by atoms with E-state index in [4.69, 9.17) is 22.1 Å². The molecule has 0 radical (unpaired) electrons. The fraction of sp³-hybridized carbons (Fsp3) is 0.118. The molecule has 0 fully saturated rings. The highest BCUT2D eigenvalue weighted by Gasteiger charge is 2.18. The van der Waals surface area contributed by atoms with Gasteiger partial charge in [-0.2, -0.15) is 0 Å². The summed E-state index contributed by atoms with van der Waals surface area (Å²) in [5.41, 5.74) is 7.03. The van der Waals surface area contributed by atoms with Gasteiger partial charge < -0.3 is 15.8 Å². The fourth-order valence-electron chi connectivity index (χ4n) is 2.34. The zero-order chi connectivity index (χ0) is 18.7. The molecule has 1 heterocycles. The normalized spacial score (nSPS) is 10.6. The molecule has 3 N–H and O–H groups in total. The Hall–Kier alpha value is -3.13. The molecule has 0 saturated heterocycles. The third-order valence-corrected chi connectivity index (χ3v) is 3.91. The molecule has 0 spiro atoms. The Morgan fingerprint density at radius 3 is 2.85 bits per heavy atom. The van der Waals surface area contributed by atoms with Crippen LogP contribution in [0.2, 0.25) is 5.02 Å². The minimum atomic E-state index is -0.533. The van der Waals surface area contributed by atoms with Crippen molar-refractivity contribution >= 4 is 29.0 Å². The van der Waals surface area contributed by atoms with Crippen molar-refractivity contribution in [1.29, 1.82) is 0 Å². The highest BCUT2D eigenvalue weighted by atomic mass is 35.5. The van der Waals surface area contributed by atoms with Gasteiger partial charge in [0.25, 0.3) is 5.91 Å². The second-order valence-electron chi connectivity index (χ2n) is 5.41. The predicted molar refractivity (Wildman–Crippen MR) is 95.9 cm³/mol. The number of benzene rings is 2. The number of ether oxygens (including phenoxy) is 1. The number of hydrogen-bond acceptors (Lipinski definition) is 5. The van der Waals surface area contributed by atoms with Crippen molar-refractivity contribution < 1.29 is 13.9 Å². The first-order valence-corrected chi connectivity index (χ1v) is 7.94. The molecule has 0 atom stereocenters. The van der Waals surface area contributed by atoms with E-state index in [9.17, 15) is 9.18 Å². The fourth-order valence-corrected chi connectivity index (χ4v) is 2.60. The summed E-state index contributed by atoms with van der Waals surface area (Å²) in [4.78, 5) is 12.4. The van der Waals surface area contributed by atoms with Crippen molar-refractivity contribution in [2.75, 3.05) is 18.2 Å². The maximum absolute atomic E-state index is 13.3. The zero-order valence-corrected chi connectivity index (χ0v) is 14.5. The van der Waals surface area contributed by atoms with Crippen molar-refractivity contribution in [3.05, 3.63) is 64.6 Å². The van der Waals surface area contributed by atoms with Crippen LogP contribution in [0.5, 0.6) is 5.75 Å². The predicted octanol–water partition coefficient (Wildman–Crippen LogP) is 2.96. The van der Waals surface area contributed by atoms with Gasteiger partial charge in [0.15, 0.2) is 11.5 Å². The van der Waals surface area contributed by atoms with Gasteiger partial charge in [0.05, 0.1) is 18.7 Å². The molecule has 3 aromatic rings. The Labute approximate surface area is 153 Å². The number of methoxy groups -OCH3 is 1. The summed E-state index contributed by atoms with van der Waals surface area (Å²) in [6.45, 7) is 0.193. The largest absolute Gasteiger partial charge is 0.495 e. The summed E-state index contributed by atoms with van der Waals surface area (Å²) in [5, 5.41) is 10.7. The lowest BCUT2D eigenvalue weighted by atomic mass is 10.2. The summed E-state index contributed by atoms with van der Waals surface area (Å²) in [6, 6.07) is 10.8. The van der Waals surface area contributed by atoms with Gasteiger partial charge in [-0.1, -0.05) is 28.9 Å². The Morgan fingerprint density at radius 1 is 1.35 bits per heavy atom. The molecule has 1 aromatic heterocycles. The van der Waals surface area contributed by atoms with Crippen LogP contribution < -0.4 is 15.8 Å². The summed E-state index contributed by atoms with van der Waals surface area (Å²) in [7, 11) is 1.50. The van der Waals surface area contributed by atoms with Crippen LogP contribution in [0, 0.1) is 5.82 Å². The van der Waals surface area contributed by atoms with Crippen LogP contribution in [0.1, 0.15) is 16.1 Å². The Morgan fingerprint density at radius 2 is 2.15 bits per heavy atom. The molecule has 0 aliphatic heterocycles. The number of nitrogens with one attached hydrogen (secondary N) is 1.